The van der Waals surface area contributed by atoms with E-state index in [1.54, 1.807) is 73.4 Å². The van der Waals surface area contributed by atoms with E-state index in [2.05, 4.69) is 10.3 Å². The second kappa shape index (κ2) is 8.46. The molecule has 1 N–H and O–H groups in total. The maximum atomic E-state index is 12.4. The van der Waals surface area contributed by atoms with E-state index in [0.717, 1.165) is 0 Å². The van der Waals surface area contributed by atoms with Crippen LogP contribution >= 0.6 is 23.2 Å². The summed E-state index contributed by atoms with van der Waals surface area (Å²) < 4.78 is 7.24. The minimum atomic E-state index is -0.801. The Morgan fingerprint density at radius 1 is 1.14 bits per heavy atom. The van der Waals surface area contributed by atoms with Crippen LogP contribution in [0.2, 0.25) is 10.0 Å². The molecule has 144 valence electrons. The van der Waals surface area contributed by atoms with Crippen LogP contribution in [0, 0.1) is 0 Å². The lowest BCUT2D eigenvalue weighted by Gasteiger charge is -2.16. The van der Waals surface area contributed by atoms with Gasteiger partial charge in [-0.05, 0) is 43.3 Å². The molecule has 3 rings (SSSR count). The lowest BCUT2D eigenvalue weighted by atomic mass is 10.1. The summed E-state index contributed by atoms with van der Waals surface area (Å²) in [6, 6.07) is 11.5. The minimum absolute atomic E-state index is 0.197. The average Bonchev–Trinajstić information content (AvgIpc) is 3.11. The highest BCUT2D eigenvalue weighted by atomic mass is 35.5. The maximum Gasteiger partial charge on any atom is 0.265 e. The average molecular weight is 418 g/mol. The number of hydrogen-bond donors (Lipinski definition) is 1. The van der Waals surface area contributed by atoms with Crippen molar-refractivity contribution in [2.24, 2.45) is 7.05 Å². The predicted octanol–water partition coefficient (Wildman–Crippen LogP) is 4.36. The quantitative estimate of drug-likeness (QED) is 0.604. The van der Waals surface area contributed by atoms with Gasteiger partial charge in [-0.2, -0.15) is 0 Å². The monoisotopic (exact) mass is 417 g/mol. The molecular weight excluding hydrogens is 401 g/mol. The zero-order valence-corrected chi connectivity index (χ0v) is 16.7. The zero-order valence-electron chi connectivity index (χ0n) is 15.1. The SMILES string of the molecule is CC(Oc1cccc(Cl)c1Cl)C(=O)Nc1ccc(C(=O)c2nccn2C)cc1. The van der Waals surface area contributed by atoms with Gasteiger partial charge in [-0.25, -0.2) is 4.98 Å². The Morgan fingerprint density at radius 3 is 2.50 bits per heavy atom. The number of ketones is 1. The van der Waals surface area contributed by atoms with Gasteiger partial charge in [0.15, 0.2) is 11.9 Å². The molecule has 0 saturated carbocycles. The van der Waals surface area contributed by atoms with Gasteiger partial charge in [-0.15, -0.1) is 0 Å². The number of amides is 1. The third kappa shape index (κ3) is 4.35. The molecule has 0 radical (unpaired) electrons. The second-order valence-electron chi connectivity index (χ2n) is 6.07. The van der Waals surface area contributed by atoms with E-state index in [9.17, 15) is 9.59 Å². The first kappa shape index (κ1) is 19.9. The summed E-state index contributed by atoms with van der Waals surface area (Å²) in [7, 11) is 1.75. The van der Waals surface area contributed by atoms with Crippen molar-refractivity contribution in [2.45, 2.75) is 13.0 Å². The summed E-state index contributed by atoms with van der Waals surface area (Å²) in [6.45, 7) is 1.60. The van der Waals surface area contributed by atoms with Crippen molar-refractivity contribution in [1.82, 2.24) is 9.55 Å². The zero-order chi connectivity index (χ0) is 20.3. The van der Waals surface area contributed by atoms with E-state index in [1.807, 2.05) is 0 Å². The normalized spacial score (nSPS) is 11.7. The summed E-state index contributed by atoms with van der Waals surface area (Å²) in [5.41, 5.74) is 1.01. The van der Waals surface area contributed by atoms with Crippen molar-refractivity contribution >= 4 is 40.6 Å². The summed E-state index contributed by atoms with van der Waals surface area (Å²) in [6.07, 6.45) is 2.47. The standard InChI is InChI=1S/C20H17Cl2N3O3/c1-12(28-16-5-3-4-15(21)17(16)22)20(27)24-14-8-6-13(7-9-14)18(26)19-23-10-11-25(19)2/h3-12H,1-2H3,(H,24,27). The summed E-state index contributed by atoms with van der Waals surface area (Å²) >= 11 is 12.0. The number of ether oxygens (including phenoxy) is 1. The van der Waals surface area contributed by atoms with Gasteiger partial charge in [-0.3, -0.25) is 9.59 Å². The number of aromatic nitrogens is 2. The molecule has 6 nitrogen and oxygen atoms in total. The second-order valence-corrected chi connectivity index (χ2v) is 6.85. The topological polar surface area (TPSA) is 73.2 Å². The molecule has 0 aliphatic rings. The molecule has 0 saturated heterocycles. The van der Waals surface area contributed by atoms with E-state index in [1.165, 1.54) is 0 Å². The number of carbonyl (C=O) groups excluding carboxylic acids is 2. The van der Waals surface area contributed by atoms with Crippen molar-refractivity contribution in [1.29, 1.82) is 0 Å². The van der Waals surface area contributed by atoms with Crippen LogP contribution in [-0.4, -0.2) is 27.3 Å². The van der Waals surface area contributed by atoms with Crippen LogP contribution in [0.15, 0.2) is 54.9 Å². The molecular formula is C20H17Cl2N3O3. The van der Waals surface area contributed by atoms with Gasteiger partial charge in [-0.1, -0.05) is 29.3 Å². The number of nitrogens with one attached hydrogen (secondary N) is 1. The van der Waals surface area contributed by atoms with Gasteiger partial charge < -0.3 is 14.6 Å². The van der Waals surface area contributed by atoms with Crippen molar-refractivity contribution in [3.05, 3.63) is 76.3 Å². The number of hydrogen-bond acceptors (Lipinski definition) is 4. The fraction of sp³-hybridized carbons (Fsp3) is 0.150. The Balaban J connectivity index is 1.65. The van der Waals surface area contributed by atoms with Gasteiger partial charge >= 0.3 is 0 Å². The summed E-state index contributed by atoms with van der Waals surface area (Å²) in [5, 5.41) is 3.33. The molecule has 2 aromatic carbocycles. The molecule has 1 aromatic heterocycles. The van der Waals surface area contributed by atoms with Crippen molar-refractivity contribution in [2.75, 3.05) is 5.32 Å². The number of halogens is 2. The molecule has 0 spiro atoms. The van der Waals surface area contributed by atoms with Gasteiger partial charge in [0.1, 0.15) is 10.8 Å². The Bertz CT molecular complexity index is 1020. The van der Waals surface area contributed by atoms with Crippen LogP contribution < -0.4 is 10.1 Å². The van der Waals surface area contributed by atoms with Crippen LogP contribution in [0.4, 0.5) is 5.69 Å². The first-order valence-corrected chi connectivity index (χ1v) is 9.16. The first-order chi connectivity index (χ1) is 13.4. The minimum Gasteiger partial charge on any atom is -0.479 e. The van der Waals surface area contributed by atoms with Gasteiger partial charge in [0.05, 0.1) is 5.02 Å². The molecule has 3 aromatic rings. The molecule has 0 bridgehead atoms. The number of imidazole rings is 1. The number of anilines is 1. The van der Waals surface area contributed by atoms with Crippen molar-refractivity contribution < 1.29 is 14.3 Å². The third-order valence-corrected chi connectivity index (χ3v) is 4.83. The molecule has 28 heavy (non-hydrogen) atoms. The van der Waals surface area contributed by atoms with E-state index in [0.29, 0.717) is 27.8 Å². The number of nitrogens with zero attached hydrogens (tertiary/aromatic N) is 2. The molecule has 1 unspecified atom stereocenters. The number of aryl methyl sites for hydroxylation is 1. The molecule has 8 heteroatoms. The summed E-state index contributed by atoms with van der Waals surface area (Å²) in [4.78, 5) is 28.8. The maximum absolute atomic E-state index is 12.4. The Labute approximate surface area is 172 Å². The Morgan fingerprint density at radius 2 is 1.86 bits per heavy atom. The smallest absolute Gasteiger partial charge is 0.265 e. The van der Waals surface area contributed by atoms with Crippen LogP contribution in [0.1, 0.15) is 23.1 Å². The van der Waals surface area contributed by atoms with Gasteiger partial charge in [0.25, 0.3) is 5.91 Å². The Hall–Kier alpha value is -2.83. The fourth-order valence-electron chi connectivity index (χ4n) is 2.48. The van der Waals surface area contributed by atoms with Crippen molar-refractivity contribution in [3.63, 3.8) is 0 Å². The highest BCUT2D eigenvalue weighted by Crippen LogP contribution is 2.32. The van der Waals surface area contributed by atoms with E-state index in [4.69, 9.17) is 27.9 Å². The van der Waals surface area contributed by atoms with Gasteiger partial charge in [0, 0.05) is 30.7 Å². The first-order valence-electron chi connectivity index (χ1n) is 8.40. The number of benzene rings is 2. The number of rotatable bonds is 6. The van der Waals surface area contributed by atoms with Crippen LogP contribution in [0.25, 0.3) is 0 Å². The van der Waals surface area contributed by atoms with Crippen LogP contribution in [0.3, 0.4) is 0 Å². The van der Waals surface area contributed by atoms with E-state index < -0.39 is 6.10 Å². The molecule has 0 aliphatic heterocycles. The lowest BCUT2D eigenvalue weighted by molar-refractivity contribution is -0.122. The third-order valence-electron chi connectivity index (χ3n) is 4.03. The number of carbonyl (C=O) groups is 2. The largest absolute Gasteiger partial charge is 0.479 e. The van der Waals surface area contributed by atoms with Crippen LogP contribution in [0.5, 0.6) is 5.75 Å². The molecule has 0 fully saturated rings. The van der Waals surface area contributed by atoms with Gasteiger partial charge in [0.2, 0.25) is 5.78 Å². The van der Waals surface area contributed by atoms with E-state index >= 15 is 0 Å². The highest BCUT2D eigenvalue weighted by molar-refractivity contribution is 6.42. The van der Waals surface area contributed by atoms with Crippen molar-refractivity contribution in [3.8, 4) is 5.75 Å². The Kier molecular flexibility index (Phi) is 6.02. The predicted molar refractivity (Wildman–Crippen MR) is 108 cm³/mol. The highest BCUT2D eigenvalue weighted by Gasteiger charge is 2.18. The summed E-state index contributed by atoms with van der Waals surface area (Å²) in [5.74, 6) is 0.113. The molecule has 1 atom stereocenters. The molecule has 1 amide bonds. The van der Waals surface area contributed by atoms with E-state index in [-0.39, 0.29) is 16.7 Å². The fourth-order valence-corrected chi connectivity index (χ4v) is 2.82. The molecule has 0 aliphatic carbocycles. The molecule has 1 heterocycles. The van der Waals surface area contributed by atoms with Crippen LogP contribution in [-0.2, 0) is 11.8 Å². The lowest BCUT2D eigenvalue weighted by Crippen LogP contribution is -2.30.